The summed E-state index contributed by atoms with van der Waals surface area (Å²) in [5.41, 5.74) is 1.53. The third-order valence-corrected chi connectivity index (χ3v) is 6.74. The van der Waals surface area contributed by atoms with Gasteiger partial charge in [-0.05, 0) is 57.4 Å². The summed E-state index contributed by atoms with van der Waals surface area (Å²) in [6.07, 6.45) is 0. The van der Waals surface area contributed by atoms with Crippen LogP contribution >= 0.6 is 15.9 Å². The number of hydrogen-bond donors (Lipinski definition) is 2. The maximum absolute atomic E-state index is 13.3. The van der Waals surface area contributed by atoms with Crippen molar-refractivity contribution in [1.82, 2.24) is 4.90 Å². The van der Waals surface area contributed by atoms with E-state index in [0.29, 0.717) is 40.3 Å². The third-order valence-electron chi connectivity index (χ3n) is 6.14. The number of methoxy groups -OCH3 is 1. The number of rotatable bonds is 5. The van der Waals surface area contributed by atoms with Crippen molar-refractivity contribution in [3.8, 4) is 23.0 Å². The number of carbonyl (C=O) groups excluding carboxylic acids is 2. The van der Waals surface area contributed by atoms with Crippen LogP contribution in [0.5, 0.6) is 23.0 Å². The lowest BCUT2D eigenvalue weighted by molar-refractivity contribution is -0.140. The quantitative estimate of drug-likeness (QED) is 0.272. The Balaban J connectivity index is 1.68. The summed E-state index contributed by atoms with van der Waals surface area (Å²) in [6, 6.07) is 16.3. The van der Waals surface area contributed by atoms with E-state index < -0.39 is 17.7 Å². The van der Waals surface area contributed by atoms with Gasteiger partial charge < -0.3 is 29.3 Å². The number of aliphatic hydroxyl groups excluding tert-OH is 1. The van der Waals surface area contributed by atoms with Gasteiger partial charge in [-0.1, -0.05) is 30.3 Å². The zero-order valence-corrected chi connectivity index (χ0v) is 20.8. The Morgan fingerprint density at radius 2 is 1.78 bits per heavy atom. The fourth-order valence-corrected chi connectivity index (χ4v) is 4.88. The smallest absolute Gasteiger partial charge is 0.295 e. The summed E-state index contributed by atoms with van der Waals surface area (Å²) >= 11 is 3.32. The molecule has 0 aromatic heterocycles. The van der Waals surface area contributed by atoms with Crippen molar-refractivity contribution in [2.45, 2.75) is 12.6 Å². The molecule has 5 rings (SSSR count). The second-order valence-electron chi connectivity index (χ2n) is 8.32. The van der Waals surface area contributed by atoms with Crippen LogP contribution in [0.1, 0.15) is 22.7 Å². The van der Waals surface area contributed by atoms with Crippen LogP contribution < -0.4 is 14.2 Å². The molecule has 3 aromatic carbocycles. The van der Waals surface area contributed by atoms with Crippen LogP contribution in [0.25, 0.3) is 5.76 Å². The second kappa shape index (κ2) is 9.58. The summed E-state index contributed by atoms with van der Waals surface area (Å²) in [6.45, 7) is 0.912. The largest absolute Gasteiger partial charge is 0.507 e. The van der Waals surface area contributed by atoms with E-state index in [1.165, 1.54) is 12.0 Å². The summed E-state index contributed by atoms with van der Waals surface area (Å²) in [7, 11) is 1.40. The van der Waals surface area contributed by atoms with Crippen molar-refractivity contribution in [2.75, 3.05) is 20.3 Å². The molecule has 9 heteroatoms. The Morgan fingerprint density at radius 1 is 1.06 bits per heavy atom. The van der Waals surface area contributed by atoms with Crippen LogP contribution in [0.15, 0.2) is 70.7 Å². The molecule has 0 spiro atoms. The van der Waals surface area contributed by atoms with E-state index >= 15 is 0 Å². The molecule has 1 fully saturated rings. The normalized spacial score (nSPS) is 18.4. The molecular formula is C27H22BrNO7. The number of ether oxygens (including phenoxy) is 3. The molecule has 0 radical (unpaired) electrons. The van der Waals surface area contributed by atoms with Gasteiger partial charge in [0.25, 0.3) is 11.7 Å². The standard InChI is InChI=1S/C27H22BrNO7/c1-34-21-13-17(11-18(28)25(21)31)23-22(24(30)16-7-8-19-20(12-16)36-10-9-35-19)26(32)27(33)29(23)14-15-5-3-2-4-6-15/h2-8,11-13,23,30-31H,9-10,14H2,1H3/t23-/m0/s1. The minimum absolute atomic E-state index is 0.0766. The fourth-order valence-electron chi connectivity index (χ4n) is 4.42. The fraction of sp³-hybridized carbons (Fsp3) is 0.185. The van der Waals surface area contributed by atoms with E-state index in [2.05, 4.69) is 15.9 Å². The van der Waals surface area contributed by atoms with E-state index in [1.54, 1.807) is 30.3 Å². The molecule has 1 amide bonds. The molecule has 8 nitrogen and oxygen atoms in total. The van der Waals surface area contributed by atoms with Crippen LogP contribution in [-0.4, -0.2) is 47.1 Å². The van der Waals surface area contributed by atoms with Crippen molar-refractivity contribution in [3.63, 3.8) is 0 Å². The van der Waals surface area contributed by atoms with Gasteiger partial charge in [-0.3, -0.25) is 9.59 Å². The number of aromatic hydroxyl groups is 1. The molecule has 1 atom stereocenters. The number of amides is 1. The number of fused-ring (bicyclic) bond motifs is 1. The molecule has 2 aliphatic heterocycles. The number of Topliss-reactive ketones (excluding diaryl/α,β-unsaturated/α-hetero) is 1. The first-order valence-electron chi connectivity index (χ1n) is 11.2. The summed E-state index contributed by atoms with van der Waals surface area (Å²) in [5.74, 6) is -0.885. The Hall–Kier alpha value is -3.98. The highest BCUT2D eigenvalue weighted by Gasteiger charge is 2.46. The molecule has 2 N–H and O–H groups in total. The molecule has 0 saturated carbocycles. The third kappa shape index (κ3) is 4.15. The lowest BCUT2D eigenvalue weighted by Crippen LogP contribution is -2.29. The topological polar surface area (TPSA) is 106 Å². The van der Waals surface area contributed by atoms with Crippen molar-refractivity contribution in [1.29, 1.82) is 0 Å². The average molecular weight is 552 g/mol. The second-order valence-corrected chi connectivity index (χ2v) is 9.18. The van der Waals surface area contributed by atoms with E-state index in [1.807, 2.05) is 30.3 Å². The van der Waals surface area contributed by atoms with Crippen molar-refractivity contribution < 1.29 is 34.0 Å². The van der Waals surface area contributed by atoms with E-state index in [4.69, 9.17) is 14.2 Å². The SMILES string of the molecule is COc1cc([C@H]2C(=C(O)c3ccc4c(c3)OCCO4)C(=O)C(=O)N2Cc2ccccc2)cc(Br)c1O. The van der Waals surface area contributed by atoms with Gasteiger partial charge in [0.15, 0.2) is 23.0 Å². The Kier molecular flexibility index (Phi) is 6.32. The highest BCUT2D eigenvalue weighted by atomic mass is 79.9. The Morgan fingerprint density at radius 3 is 2.50 bits per heavy atom. The van der Waals surface area contributed by atoms with Gasteiger partial charge in [0.1, 0.15) is 19.0 Å². The lowest BCUT2D eigenvalue weighted by Gasteiger charge is -2.26. The lowest BCUT2D eigenvalue weighted by atomic mass is 9.94. The summed E-state index contributed by atoms with van der Waals surface area (Å²) in [5, 5.41) is 21.7. The van der Waals surface area contributed by atoms with Gasteiger partial charge in [-0.15, -0.1) is 0 Å². The molecule has 36 heavy (non-hydrogen) atoms. The molecule has 0 bridgehead atoms. The number of carbonyl (C=O) groups is 2. The van der Waals surface area contributed by atoms with Crippen LogP contribution in [0.2, 0.25) is 0 Å². The molecule has 0 unspecified atom stereocenters. The van der Waals surface area contributed by atoms with Crippen LogP contribution in [-0.2, 0) is 16.1 Å². The molecule has 0 aliphatic carbocycles. The first-order valence-corrected chi connectivity index (χ1v) is 12.0. The molecule has 3 aromatic rings. The van der Waals surface area contributed by atoms with Gasteiger partial charge in [0.05, 0.1) is 23.2 Å². The van der Waals surface area contributed by atoms with Crippen molar-refractivity contribution in [3.05, 3.63) is 87.4 Å². The van der Waals surface area contributed by atoms with Crippen molar-refractivity contribution >= 4 is 33.4 Å². The molecule has 1 saturated heterocycles. The number of aliphatic hydroxyl groups is 1. The van der Waals surface area contributed by atoms with Gasteiger partial charge in [0, 0.05) is 12.1 Å². The number of likely N-dealkylation sites (tertiary alicyclic amines) is 1. The predicted molar refractivity (Wildman–Crippen MR) is 134 cm³/mol. The highest BCUT2D eigenvalue weighted by molar-refractivity contribution is 9.10. The van der Waals surface area contributed by atoms with Crippen LogP contribution in [0.3, 0.4) is 0 Å². The zero-order chi connectivity index (χ0) is 25.4. The minimum atomic E-state index is -0.941. The molecule has 2 heterocycles. The van der Waals surface area contributed by atoms with Gasteiger partial charge in [-0.25, -0.2) is 0 Å². The van der Waals surface area contributed by atoms with Gasteiger partial charge in [0.2, 0.25) is 0 Å². The van der Waals surface area contributed by atoms with E-state index in [-0.39, 0.29) is 29.4 Å². The summed E-state index contributed by atoms with van der Waals surface area (Å²) in [4.78, 5) is 28.0. The number of hydrogen-bond acceptors (Lipinski definition) is 7. The number of ketones is 1. The zero-order valence-electron chi connectivity index (χ0n) is 19.2. The highest BCUT2D eigenvalue weighted by Crippen LogP contribution is 2.45. The summed E-state index contributed by atoms with van der Waals surface area (Å²) < 4.78 is 16.8. The predicted octanol–water partition coefficient (Wildman–Crippen LogP) is 4.56. The number of nitrogens with zero attached hydrogens (tertiary/aromatic N) is 1. The van der Waals surface area contributed by atoms with Gasteiger partial charge >= 0.3 is 0 Å². The maximum Gasteiger partial charge on any atom is 0.295 e. The number of halogens is 1. The van der Waals surface area contributed by atoms with E-state index in [0.717, 1.165) is 5.56 Å². The van der Waals surface area contributed by atoms with Gasteiger partial charge in [-0.2, -0.15) is 0 Å². The molecular weight excluding hydrogens is 530 g/mol. The monoisotopic (exact) mass is 551 g/mol. The number of phenols is 1. The van der Waals surface area contributed by atoms with Crippen LogP contribution in [0.4, 0.5) is 0 Å². The number of phenolic OH excluding ortho intramolecular Hbond substituents is 1. The van der Waals surface area contributed by atoms with Crippen LogP contribution in [0, 0.1) is 0 Å². The molecule has 2 aliphatic rings. The Labute approximate surface area is 215 Å². The first-order chi connectivity index (χ1) is 17.4. The maximum atomic E-state index is 13.3. The minimum Gasteiger partial charge on any atom is -0.507 e. The first kappa shape index (κ1) is 23.7. The average Bonchev–Trinajstić information content (AvgIpc) is 3.15. The Bertz CT molecular complexity index is 1390. The molecule has 184 valence electrons. The number of benzene rings is 3. The van der Waals surface area contributed by atoms with Crippen molar-refractivity contribution in [2.24, 2.45) is 0 Å². The van der Waals surface area contributed by atoms with E-state index in [9.17, 15) is 19.8 Å².